The van der Waals surface area contributed by atoms with Gasteiger partial charge in [0.05, 0.1) is 22.7 Å². The Bertz CT molecular complexity index is 745. The van der Waals surface area contributed by atoms with E-state index in [0.29, 0.717) is 5.56 Å². The highest BCUT2D eigenvalue weighted by Gasteiger charge is 2.02. The molecule has 86 valence electrons. The van der Waals surface area contributed by atoms with Gasteiger partial charge in [-0.1, -0.05) is 18.2 Å². The van der Waals surface area contributed by atoms with Crippen molar-refractivity contribution in [3.63, 3.8) is 0 Å². The lowest BCUT2D eigenvalue weighted by Crippen LogP contribution is -1.79. The molecule has 0 aliphatic rings. The topological polar surface area (TPSA) is 52.5 Å². The molecule has 1 heterocycles. The third-order valence-electron chi connectivity index (χ3n) is 2.95. The molecule has 3 aromatic rings. The number of hydrogen-bond acceptors (Lipinski definition) is 2. The maximum atomic E-state index is 8.78. The molecule has 0 radical (unpaired) electrons. The zero-order valence-electron chi connectivity index (χ0n) is 9.94. The van der Waals surface area contributed by atoms with Crippen LogP contribution < -0.4 is 0 Å². The molecule has 0 bridgehead atoms. The second-order valence-corrected chi connectivity index (χ2v) is 4.24. The van der Waals surface area contributed by atoms with E-state index < -0.39 is 0 Å². The van der Waals surface area contributed by atoms with Crippen LogP contribution in [0.1, 0.15) is 11.4 Å². The predicted molar refractivity (Wildman–Crippen MR) is 71.0 cm³/mol. The number of nitrogens with one attached hydrogen (secondary N) is 1. The first-order valence-corrected chi connectivity index (χ1v) is 5.73. The number of nitriles is 1. The molecule has 0 aliphatic carbocycles. The van der Waals surface area contributed by atoms with Crippen molar-refractivity contribution in [1.29, 1.82) is 5.26 Å². The van der Waals surface area contributed by atoms with Gasteiger partial charge in [-0.25, -0.2) is 4.98 Å². The van der Waals surface area contributed by atoms with Gasteiger partial charge >= 0.3 is 0 Å². The summed E-state index contributed by atoms with van der Waals surface area (Å²) in [5.41, 5.74) is 4.91. The average molecular weight is 233 g/mol. The zero-order chi connectivity index (χ0) is 12.5. The Hall–Kier alpha value is -2.60. The summed E-state index contributed by atoms with van der Waals surface area (Å²) in [5.74, 6) is 0.918. The Kier molecular flexibility index (Phi) is 2.35. The minimum Gasteiger partial charge on any atom is -0.342 e. The van der Waals surface area contributed by atoms with Gasteiger partial charge in [0.2, 0.25) is 0 Å². The summed E-state index contributed by atoms with van der Waals surface area (Å²) in [6, 6.07) is 15.8. The molecule has 1 N–H and O–H groups in total. The second kappa shape index (κ2) is 4.01. The normalized spacial score (nSPS) is 10.4. The van der Waals surface area contributed by atoms with Gasteiger partial charge in [0.15, 0.2) is 0 Å². The molecule has 18 heavy (non-hydrogen) atoms. The molecule has 3 rings (SSSR count). The molecule has 0 unspecified atom stereocenters. The van der Waals surface area contributed by atoms with Crippen LogP contribution in [0.15, 0.2) is 42.5 Å². The minimum absolute atomic E-state index is 0.678. The van der Waals surface area contributed by atoms with Crippen molar-refractivity contribution in [3.05, 3.63) is 53.9 Å². The number of fused-ring (bicyclic) bond motifs is 1. The number of aromatic amines is 1. The van der Waals surface area contributed by atoms with Gasteiger partial charge in [0, 0.05) is 0 Å². The predicted octanol–water partition coefficient (Wildman–Crippen LogP) is 3.41. The fourth-order valence-electron chi connectivity index (χ4n) is 2.05. The van der Waals surface area contributed by atoms with Gasteiger partial charge in [0.1, 0.15) is 5.82 Å². The molecule has 0 fully saturated rings. The average Bonchev–Trinajstić information content (AvgIpc) is 2.78. The highest BCUT2D eigenvalue weighted by molar-refractivity contribution is 5.82. The van der Waals surface area contributed by atoms with Crippen LogP contribution in [0.5, 0.6) is 0 Å². The Labute approximate surface area is 105 Å². The molecular weight excluding hydrogens is 222 g/mol. The van der Waals surface area contributed by atoms with E-state index in [9.17, 15) is 0 Å². The van der Waals surface area contributed by atoms with Crippen molar-refractivity contribution >= 4 is 11.0 Å². The number of H-pyrrole nitrogens is 1. The van der Waals surface area contributed by atoms with Crippen LogP contribution in [0.3, 0.4) is 0 Å². The first-order chi connectivity index (χ1) is 8.76. The van der Waals surface area contributed by atoms with E-state index in [1.54, 1.807) is 0 Å². The van der Waals surface area contributed by atoms with Gasteiger partial charge in [-0.15, -0.1) is 0 Å². The molecule has 3 heteroatoms. The molecule has 0 saturated heterocycles. The molecule has 1 aromatic heterocycles. The third kappa shape index (κ3) is 1.74. The van der Waals surface area contributed by atoms with Crippen molar-refractivity contribution in [2.45, 2.75) is 6.92 Å². The molecule has 3 nitrogen and oxygen atoms in total. The summed E-state index contributed by atoms with van der Waals surface area (Å²) in [5, 5.41) is 8.78. The number of benzene rings is 2. The quantitative estimate of drug-likeness (QED) is 0.700. The summed E-state index contributed by atoms with van der Waals surface area (Å²) in [6.45, 7) is 1.95. The number of nitrogens with zero attached hydrogens (tertiary/aromatic N) is 2. The molecule has 0 atom stereocenters. The number of rotatable bonds is 1. The number of aryl methyl sites for hydroxylation is 1. The molecular formula is C15H11N3. The van der Waals surface area contributed by atoms with Crippen molar-refractivity contribution in [2.24, 2.45) is 0 Å². The van der Waals surface area contributed by atoms with Gasteiger partial charge < -0.3 is 4.98 Å². The summed E-state index contributed by atoms with van der Waals surface area (Å²) in [6.07, 6.45) is 0. The first-order valence-electron chi connectivity index (χ1n) is 5.73. The van der Waals surface area contributed by atoms with E-state index in [-0.39, 0.29) is 0 Å². The van der Waals surface area contributed by atoms with Crippen molar-refractivity contribution in [2.75, 3.05) is 0 Å². The zero-order valence-corrected chi connectivity index (χ0v) is 9.94. The maximum Gasteiger partial charge on any atom is 0.104 e. The lowest BCUT2D eigenvalue weighted by molar-refractivity contribution is 1.17. The number of imidazole rings is 1. The first kappa shape index (κ1) is 10.5. The summed E-state index contributed by atoms with van der Waals surface area (Å²) in [7, 11) is 0. The van der Waals surface area contributed by atoms with E-state index in [1.807, 2.05) is 43.3 Å². The molecule has 0 spiro atoms. The maximum absolute atomic E-state index is 8.78. The monoisotopic (exact) mass is 233 g/mol. The Morgan fingerprint density at radius 1 is 1.06 bits per heavy atom. The van der Waals surface area contributed by atoms with Gasteiger partial charge in [0.25, 0.3) is 0 Å². The lowest BCUT2D eigenvalue weighted by atomic mass is 10.0. The van der Waals surface area contributed by atoms with E-state index >= 15 is 0 Å². The molecule has 0 amide bonds. The van der Waals surface area contributed by atoms with Crippen LogP contribution in [0.2, 0.25) is 0 Å². The third-order valence-corrected chi connectivity index (χ3v) is 2.95. The summed E-state index contributed by atoms with van der Waals surface area (Å²) >= 11 is 0. The van der Waals surface area contributed by atoms with Gasteiger partial charge in [-0.2, -0.15) is 5.26 Å². The van der Waals surface area contributed by atoms with Crippen LogP contribution in [0.4, 0.5) is 0 Å². The van der Waals surface area contributed by atoms with Gasteiger partial charge in [-0.3, -0.25) is 0 Å². The summed E-state index contributed by atoms with van der Waals surface area (Å²) < 4.78 is 0. The van der Waals surface area contributed by atoms with E-state index in [2.05, 4.69) is 22.1 Å². The largest absolute Gasteiger partial charge is 0.342 e. The van der Waals surface area contributed by atoms with Crippen LogP contribution in [-0.4, -0.2) is 9.97 Å². The lowest BCUT2D eigenvalue weighted by Gasteiger charge is -2.01. The molecule has 0 aliphatic heterocycles. The van der Waals surface area contributed by atoms with E-state index in [0.717, 1.165) is 28.0 Å². The smallest absolute Gasteiger partial charge is 0.104 e. The Balaban J connectivity index is 2.10. The SMILES string of the molecule is Cc1nc2ccc(-c3ccc(C#N)cc3)cc2[nH]1. The second-order valence-electron chi connectivity index (χ2n) is 4.24. The fourth-order valence-corrected chi connectivity index (χ4v) is 2.05. The van der Waals surface area contributed by atoms with Gasteiger partial charge in [-0.05, 0) is 42.3 Å². The fraction of sp³-hybridized carbons (Fsp3) is 0.0667. The van der Waals surface area contributed by atoms with Crippen molar-refractivity contribution in [1.82, 2.24) is 9.97 Å². The number of aromatic nitrogens is 2. The van der Waals surface area contributed by atoms with Crippen LogP contribution >= 0.6 is 0 Å². The minimum atomic E-state index is 0.678. The number of hydrogen-bond donors (Lipinski definition) is 1. The van der Waals surface area contributed by atoms with Crippen molar-refractivity contribution in [3.8, 4) is 17.2 Å². The Morgan fingerprint density at radius 3 is 2.50 bits per heavy atom. The Morgan fingerprint density at radius 2 is 1.78 bits per heavy atom. The van der Waals surface area contributed by atoms with Crippen molar-refractivity contribution < 1.29 is 0 Å². The van der Waals surface area contributed by atoms with Crippen LogP contribution in [0.25, 0.3) is 22.2 Å². The van der Waals surface area contributed by atoms with Crippen LogP contribution in [0, 0.1) is 18.3 Å². The summed E-state index contributed by atoms with van der Waals surface area (Å²) in [4.78, 5) is 7.60. The highest BCUT2D eigenvalue weighted by Crippen LogP contribution is 2.23. The highest BCUT2D eigenvalue weighted by atomic mass is 14.9. The van der Waals surface area contributed by atoms with Crippen LogP contribution in [-0.2, 0) is 0 Å². The molecule has 0 saturated carbocycles. The van der Waals surface area contributed by atoms with E-state index in [1.165, 1.54) is 0 Å². The molecule has 2 aromatic carbocycles. The standard InChI is InChI=1S/C15H11N3/c1-10-17-14-7-6-13(8-15(14)18-10)12-4-2-11(9-16)3-5-12/h2-8H,1H3,(H,17,18). The van der Waals surface area contributed by atoms with E-state index in [4.69, 9.17) is 5.26 Å².